The third-order valence-corrected chi connectivity index (χ3v) is 5.43. The van der Waals surface area contributed by atoms with Gasteiger partial charge in [-0.25, -0.2) is 8.98 Å². The molecule has 0 bridgehead atoms. The van der Waals surface area contributed by atoms with E-state index in [2.05, 4.69) is 4.18 Å². The summed E-state index contributed by atoms with van der Waals surface area (Å²) in [5.41, 5.74) is 9.09. The number of nitrogens with two attached hydrogens (primary N) is 2. The molecular formula is C11H22BN3O9S. The van der Waals surface area contributed by atoms with E-state index in [-0.39, 0.29) is 25.7 Å². The average molecular weight is 383 g/mol. The summed E-state index contributed by atoms with van der Waals surface area (Å²) < 4.78 is 29.6. The first-order valence-corrected chi connectivity index (χ1v) is 8.80. The smallest absolute Gasteiger partial charge is 0.451 e. The minimum atomic E-state index is -4.56. The maximum atomic E-state index is 12.2. The Labute approximate surface area is 144 Å². The predicted octanol–water partition coefficient (Wildman–Crippen LogP) is -3.37. The lowest BCUT2D eigenvalue weighted by atomic mass is 9.78. The monoisotopic (exact) mass is 383 g/mol. The van der Waals surface area contributed by atoms with Gasteiger partial charge >= 0.3 is 29.4 Å². The van der Waals surface area contributed by atoms with Gasteiger partial charge in [-0.05, 0) is 12.7 Å². The van der Waals surface area contributed by atoms with Crippen molar-refractivity contribution in [1.29, 1.82) is 0 Å². The Morgan fingerprint density at radius 1 is 1.36 bits per heavy atom. The minimum absolute atomic E-state index is 0.0241. The van der Waals surface area contributed by atoms with Gasteiger partial charge in [-0.3, -0.25) is 4.79 Å². The quantitative estimate of drug-likeness (QED) is 0.205. The Kier molecular flexibility index (Phi) is 7.31. The molecular weight excluding hydrogens is 361 g/mol. The van der Waals surface area contributed by atoms with Crippen LogP contribution in [0.2, 0.25) is 6.32 Å². The number of nitrogens with zero attached hydrogens (tertiary/aromatic N) is 1. The molecule has 1 aliphatic heterocycles. The molecule has 0 saturated carbocycles. The highest BCUT2D eigenvalue weighted by Crippen LogP contribution is 2.32. The normalized spacial score (nSPS) is 25.7. The molecule has 0 aromatic heterocycles. The molecule has 1 heterocycles. The number of carboxylic acids is 2. The lowest BCUT2D eigenvalue weighted by Crippen LogP contribution is -2.55. The summed E-state index contributed by atoms with van der Waals surface area (Å²) in [4.78, 5) is 22.4. The highest BCUT2D eigenvalue weighted by molar-refractivity contribution is 7.84. The van der Waals surface area contributed by atoms with Crippen molar-refractivity contribution in [2.24, 2.45) is 17.4 Å². The minimum Gasteiger partial charge on any atom is -0.480 e. The maximum Gasteiger partial charge on any atom is 0.451 e. The van der Waals surface area contributed by atoms with Gasteiger partial charge in [0.25, 0.3) is 0 Å². The van der Waals surface area contributed by atoms with Gasteiger partial charge in [0.1, 0.15) is 5.54 Å². The third kappa shape index (κ3) is 5.34. The van der Waals surface area contributed by atoms with Crippen molar-refractivity contribution < 1.29 is 42.5 Å². The van der Waals surface area contributed by atoms with E-state index in [1.807, 2.05) is 0 Å². The van der Waals surface area contributed by atoms with E-state index in [1.165, 1.54) is 0 Å². The molecule has 0 aromatic carbocycles. The maximum absolute atomic E-state index is 12.2. The molecule has 25 heavy (non-hydrogen) atoms. The van der Waals surface area contributed by atoms with Crippen LogP contribution in [0.15, 0.2) is 0 Å². The van der Waals surface area contributed by atoms with Crippen molar-refractivity contribution in [1.82, 2.24) is 4.31 Å². The Morgan fingerprint density at radius 2 is 1.96 bits per heavy atom. The van der Waals surface area contributed by atoms with Crippen LogP contribution in [0, 0.1) is 5.92 Å². The molecule has 0 aromatic rings. The molecule has 14 heteroatoms. The first-order chi connectivity index (χ1) is 11.4. The van der Waals surface area contributed by atoms with Gasteiger partial charge in [-0.15, -0.1) is 0 Å². The van der Waals surface area contributed by atoms with Crippen molar-refractivity contribution in [2.45, 2.75) is 30.8 Å². The van der Waals surface area contributed by atoms with Gasteiger partial charge in [0.15, 0.2) is 6.10 Å². The lowest BCUT2D eigenvalue weighted by molar-refractivity contribution is -0.145. The molecule has 0 unspecified atom stereocenters. The van der Waals surface area contributed by atoms with Crippen LogP contribution in [-0.2, 0) is 24.1 Å². The Bertz CT molecular complexity index is 602. The van der Waals surface area contributed by atoms with E-state index in [0.717, 1.165) is 0 Å². The molecule has 8 N–H and O–H groups in total. The first kappa shape index (κ1) is 21.8. The fourth-order valence-electron chi connectivity index (χ4n) is 2.59. The first-order valence-electron chi connectivity index (χ1n) is 7.43. The fraction of sp³-hybridized carbons (Fsp3) is 0.818. The van der Waals surface area contributed by atoms with Crippen molar-refractivity contribution in [3.63, 3.8) is 0 Å². The van der Waals surface area contributed by atoms with Gasteiger partial charge in [0.2, 0.25) is 0 Å². The molecule has 1 aliphatic rings. The Balaban J connectivity index is 2.92. The van der Waals surface area contributed by atoms with E-state index >= 15 is 0 Å². The van der Waals surface area contributed by atoms with Crippen LogP contribution >= 0.6 is 0 Å². The second-order valence-corrected chi connectivity index (χ2v) is 7.43. The second-order valence-electron chi connectivity index (χ2n) is 5.86. The molecule has 12 nitrogen and oxygen atoms in total. The topological polar surface area (TPSA) is 214 Å². The van der Waals surface area contributed by atoms with E-state index < -0.39 is 60.0 Å². The van der Waals surface area contributed by atoms with Gasteiger partial charge in [-0.2, -0.15) is 12.7 Å². The van der Waals surface area contributed by atoms with E-state index in [4.69, 9.17) is 26.6 Å². The predicted molar refractivity (Wildman–Crippen MR) is 84.3 cm³/mol. The van der Waals surface area contributed by atoms with Crippen LogP contribution in [0.25, 0.3) is 0 Å². The van der Waals surface area contributed by atoms with Crippen LogP contribution in [0.3, 0.4) is 0 Å². The zero-order valence-electron chi connectivity index (χ0n) is 13.3. The molecule has 1 saturated heterocycles. The second kappa shape index (κ2) is 8.40. The van der Waals surface area contributed by atoms with Crippen molar-refractivity contribution in [3.05, 3.63) is 0 Å². The molecule has 0 spiro atoms. The highest BCUT2D eigenvalue weighted by atomic mass is 32.2. The zero-order chi connectivity index (χ0) is 19.4. The summed E-state index contributed by atoms with van der Waals surface area (Å²) >= 11 is 0. The third-order valence-electron chi connectivity index (χ3n) is 4.05. The fourth-order valence-corrected chi connectivity index (χ4v) is 3.90. The van der Waals surface area contributed by atoms with Crippen LogP contribution in [0.4, 0.5) is 0 Å². The number of carboxylic acid groups (broad SMARTS) is 2. The van der Waals surface area contributed by atoms with Crippen LogP contribution in [-0.4, -0.2) is 83.3 Å². The zero-order valence-corrected chi connectivity index (χ0v) is 14.1. The summed E-state index contributed by atoms with van der Waals surface area (Å²) in [5.74, 6) is -3.81. The van der Waals surface area contributed by atoms with Crippen LogP contribution < -0.4 is 11.5 Å². The molecule has 0 amide bonds. The number of aliphatic carboxylic acids is 2. The summed E-state index contributed by atoms with van der Waals surface area (Å²) in [5, 5.41) is 35.9. The lowest BCUT2D eigenvalue weighted by Gasteiger charge is -2.25. The summed E-state index contributed by atoms with van der Waals surface area (Å²) in [6.45, 7) is -1.50. The standard InChI is InChI=1S/C11H22BN3O9S/c13-4-8(9(16)17)24-25(22,23)15-5-7(2-1-3-12(20)21)11(14,6-15)10(18)19/h7-8,20-21H,1-6,13-14H2,(H,16,17)(H,18,19)/t7-,8+,11-/m0/s1. The van der Waals surface area contributed by atoms with E-state index in [1.54, 1.807) is 0 Å². The van der Waals surface area contributed by atoms with Gasteiger partial charge in [0, 0.05) is 25.6 Å². The Hall–Kier alpha value is -1.29. The molecule has 0 radical (unpaired) electrons. The van der Waals surface area contributed by atoms with Gasteiger partial charge in [0.05, 0.1) is 0 Å². The molecule has 0 aliphatic carbocycles. The van der Waals surface area contributed by atoms with Crippen molar-refractivity contribution in [3.8, 4) is 0 Å². The summed E-state index contributed by atoms with van der Waals surface area (Å²) in [6, 6.07) is 0. The van der Waals surface area contributed by atoms with Crippen LogP contribution in [0.5, 0.6) is 0 Å². The number of hydrogen-bond acceptors (Lipinski definition) is 9. The SMILES string of the molecule is NC[C@@H](OS(=O)(=O)N1C[C@H](CCCB(O)O)[C@](N)(C(=O)O)C1)C(=O)O. The Morgan fingerprint density at radius 3 is 2.40 bits per heavy atom. The van der Waals surface area contributed by atoms with E-state index in [0.29, 0.717) is 4.31 Å². The largest absolute Gasteiger partial charge is 0.480 e. The average Bonchev–Trinajstić information content (AvgIpc) is 2.84. The molecule has 1 fully saturated rings. The molecule has 3 atom stereocenters. The number of hydrogen-bond donors (Lipinski definition) is 6. The summed E-state index contributed by atoms with van der Waals surface area (Å²) in [6.07, 6.45) is -1.48. The summed E-state index contributed by atoms with van der Waals surface area (Å²) in [7, 11) is -6.13. The number of rotatable bonds is 10. The number of carbonyl (C=O) groups is 2. The highest BCUT2D eigenvalue weighted by Gasteiger charge is 2.53. The van der Waals surface area contributed by atoms with Gasteiger partial charge < -0.3 is 31.7 Å². The van der Waals surface area contributed by atoms with Crippen LogP contribution in [0.1, 0.15) is 12.8 Å². The molecule has 144 valence electrons. The van der Waals surface area contributed by atoms with Crippen molar-refractivity contribution in [2.75, 3.05) is 19.6 Å². The molecule has 1 rings (SSSR count). The van der Waals surface area contributed by atoms with Gasteiger partial charge in [-0.1, -0.05) is 6.42 Å². The van der Waals surface area contributed by atoms with E-state index in [9.17, 15) is 23.1 Å². The van der Waals surface area contributed by atoms with Crippen molar-refractivity contribution >= 4 is 29.4 Å².